The van der Waals surface area contributed by atoms with Gasteiger partial charge in [0.15, 0.2) is 34.9 Å². The van der Waals surface area contributed by atoms with Crippen molar-refractivity contribution in [3.05, 3.63) is 241 Å². The molecule has 0 amide bonds. The predicted octanol–water partition coefficient (Wildman–Crippen LogP) is 40.6. The van der Waals surface area contributed by atoms with Crippen molar-refractivity contribution in [3.63, 3.8) is 0 Å². The van der Waals surface area contributed by atoms with Gasteiger partial charge >= 0.3 is 0 Å². The Balaban J connectivity index is 0.000000798. The third-order valence-electron chi connectivity index (χ3n) is 32.1. The van der Waals surface area contributed by atoms with Crippen molar-refractivity contribution in [2.45, 2.75) is 385 Å². The minimum atomic E-state index is -0.676. The topological polar surface area (TPSA) is 0 Å². The van der Waals surface area contributed by atoms with Crippen LogP contribution in [0.1, 0.15) is 388 Å². The summed E-state index contributed by atoms with van der Waals surface area (Å²) in [4.78, 5) is 0. The predicted molar refractivity (Wildman–Crippen MR) is 547 cm³/mol. The van der Waals surface area contributed by atoms with Crippen molar-refractivity contribution >= 4 is 46.4 Å². The average molecular weight is 1900 g/mol. The largest absolute Gasteiger partial charge is 0.205 e. The van der Waals surface area contributed by atoms with E-state index in [0.29, 0.717) is 89.3 Å². The van der Waals surface area contributed by atoms with Crippen molar-refractivity contribution in [1.82, 2.24) is 0 Å². The minimum absolute atomic E-state index is 0. The quantitative estimate of drug-likeness (QED) is 0.0667. The number of aryl methyl sites for hydroxylation is 13. The van der Waals surface area contributed by atoms with Gasteiger partial charge in [0.25, 0.3) is 0 Å². The first kappa shape index (κ1) is 109. The van der Waals surface area contributed by atoms with Gasteiger partial charge in [0.1, 0.15) is 23.3 Å². The highest BCUT2D eigenvalue weighted by molar-refractivity contribution is 6.32. The smallest absolute Gasteiger partial charge is 0.162 e. The summed E-state index contributed by atoms with van der Waals surface area (Å²) in [6.07, 6.45) is 52.6. The standard InChI is InChI=1S/C20H28F2.4C16H22ClF.2C16H22F2.8H2/c1-13-3-6-15(7-4-13)16-8-10-17(11-9-16)18-12-5-14(2)19(21)20(18)22;2*1-11-3-6-13(7-4-11)8-10-14-9-5-12(2)16(18)15(14)17;4*1-11-3-6-13(7-4-11)8-10-14-9-5-12(2)15(17)16(14)18;;;;;;;;/h5,12-13,15-17H,3-4,6-11H2,1-2H3;6*5,9,11,13H,3-4,6-8,10H2,1-2H3;8*1H. The number of rotatable bonds is 20. The van der Waals surface area contributed by atoms with E-state index in [1.54, 1.807) is 71.0 Å². The maximum absolute atomic E-state index is 14.2. The van der Waals surface area contributed by atoms with Crippen LogP contribution in [0.3, 0.4) is 0 Å². The minimum Gasteiger partial charge on any atom is -0.205 e. The van der Waals surface area contributed by atoms with Crippen molar-refractivity contribution in [2.75, 3.05) is 0 Å². The first-order valence-electron chi connectivity index (χ1n) is 51.1. The molecule has 7 aromatic rings. The highest BCUT2D eigenvalue weighted by Gasteiger charge is 2.33. The maximum Gasteiger partial charge on any atom is 0.162 e. The van der Waals surface area contributed by atoms with Gasteiger partial charge in [-0.15, -0.1) is 0 Å². The van der Waals surface area contributed by atoms with E-state index in [4.69, 9.17) is 46.4 Å². The maximum atomic E-state index is 14.2. The Hall–Kier alpha value is -5.00. The van der Waals surface area contributed by atoms with Gasteiger partial charge in [-0.2, -0.15) is 0 Å². The summed E-state index contributed by atoms with van der Waals surface area (Å²) in [5.74, 6) is 7.83. The van der Waals surface area contributed by atoms with Gasteiger partial charge < -0.3 is 0 Å². The fraction of sp³-hybridized carbons (Fsp3) is 0.638. The zero-order valence-corrected chi connectivity index (χ0v) is 84.7. The molecule has 0 N–H and O–H groups in total. The lowest BCUT2D eigenvalue weighted by atomic mass is 9.68. The van der Waals surface area contributed by atoms with E-state index in [0.717, 1.165) is 187 Å². The van der Waals surface area contributed by atoms with E-state index < -0.39 is 34.9 Å². The Kier molecular flexibility index (Phi) is 45.8. The number of benzene rings is 7. The van der Waals surface area contributed by atoms with Crippen LogP contribution in [0.5, 0.6) is 0 Å². The van der Waals surface area contributed by atoms with Crippen molar-refractivity contribution in [2.24, 2.45) is 88.8 Å². The van der Waals surface area contributed by atoms with Crippen molar-refractivity contribution in [3.8, 4) is 0 Å². The summed E-state index contributed by atoms with van der Waals surface area (Å²) < 4.78 is 137. The van der Waals surface area contributed by atoms with Gasteiger partial charge in [-0.05, 0) is 337 Å². The normalized spacial score (nSPS) is 25.7. The molecule has 0 aliphatic heterocycles. The second-order valence-corrected chi connectivity index (χ2v) is 44.2. The van der Waals surface area contributed by atoms with Crippen LogP contribution in [0, 0.1) is 195 Å². The lowest BCUT2D eigenvalue weighted by Gasteiger charge is -2.37. The van der Waals surface area contributed by atoms with E-state index in [9.17, 15) is 43.9 Å². The molecule has 738 valence electrons. The lowest BCUT2D eigenvalue weighted by Crippen LogP contribution is -2.25. The molecule has 8 fully saturated rings. The first-order chi connectivity index (χ1) is 62.0. The Bertz CT molecular complexity index is 3970. The molecule has 0 heterocycles. The molecule has 8 saturated carbocycles. The molecule has 0 unspecified atom stereocenters. The molecule has 8 aliphatic rings. The number of halogens is 14. The summed E-state index contributed by atoms with van der Waals surface area (Å²) in [6.45, 7) is 28.3. The Labute approximate surface area is 812 Å². The van der Waals surface area contributed by atoms with Crippen molar-refractivity contribution < 1.29 is 55.3 Å². The highest BCUT2D eigenvalue weighted by atomic mass is 35.5. The zero-order chi connectivity index (χ0) is 94.4. The molecule has 130 heavy (non-hydrogen) atoms. The molecule has 8 aliphatic carbocycles. The third-order valence-corrected chi connectivity index (χ3v) is 33.9. The third kappa shape index (κ3) is 34.0. The second kappa shape index (κ2) is 54.8. The molecule has 0 saturated heterocycles. The first-order valence-corrected chi connectivity index (χ1v) is 52.6. The molecular weight excluding hydrogens is 1730 g/mol. The van der Waals surface area contributed by atoms with Crippen LogP contribution >= 0.6 is 46.4 Å². The molecule has 15 rings (SSSR count). The summed E-state index contributed by atoms with van der Waals surface area (Å²) in [5, 5.41) is 1.26. The number of hydrogen-bond acceptors (Lipinski definition) is 0. The summed E-state index contributed by atoms with van der Waals surface area (Å²) in [5.41, 5.74) is 9.30. The van der Waals surface area contributed by atoms with E-state index in [1.807, 2.05) is 62.4 Å². The fourth-order valence-corrected chi connectivity index (χ4v) is 22.8. The van der Waals surface area contributed by atoms with Gasteiger partial charge in [-0.3, -0.25) is 0 Å². The van der Waals surface area contributed by atoms with Gasteiger partial charge in [0.05, 0.1) is 20.1 Å². The van der Waals surface area contributed by atoms with Gasteiger partial charge in [-0.25, -0.2) is 43.9 Å². The van der Waals surface area contributed by atoms with Crippen LogP contribution in [-0.2, 0) is 38.5 Å². The molecule has 0 radical (unpaired) electrons. The van der Waals surface area contributed by atoms with Crippen LogP contribution in [0.2, 0.25) is 20.1 Å². The molecule has 0 aromatic heterocycles. The Morgan fingerprint density at radius 2 is 0.392 bits per heavy atom. The molecule has 0 nitrogen and oxygen atoms in total. The van der Waals surface area contributed by atoms with E-state index in [1.165, 1.54) is 193 Å². The monoisotopic (exact) mass is 1900 g/mol. The molecule has 0 bridgehead atoms. The SMILES string of the molecule is Cc1ccc(C2CCC(C3CCC(C)CC3)CC2)c(F)c1F.Cc1ccc(CCC2CCC(C)CC2)c(Cl)c1F.Cc1ccc(CCC2CCC(C)CC2)c(Cl)c1F.Cc1ccc(CCC2CCC(C)CC2)c(F)c1Cl.Cc1ccc(CCC2CCC(C)CC2)c(F)c1Cl.Cc1ccc(CCC2CCC(C)CC2)c(F)c1F.Cc1ccc(CCC2CCC(C)CC2)c(F)c1F.[HH].[HH].[HH].[HH].[HH].[HH].[HH].[HH]. The summed E-state index contributed by atoms with van der Waals surface area (Å²) in [7, 11) is 0. The Morgan fingerprint density at radius 1 is 0.200 bits per heavy atom. The van der Waals surface area contributed by atoms with Crippen molar-refractivity contribution in [1.29, 1.82) is 0 Å². The molecule has 0 spiro atoms. The second-order valence-electron chi connectivity index (χ2n) is 42.7. The molecule has 7 aromatic carbocycles. The summed E-state index contributed by atoms with van der Waals surface area (Å²) >= 11 is 24.0. The molecule has 14 heteroatoms. The number of hydrogen-bond donors (Lipinski definition) is 0. The van der Waals surface area contributed by atoms with E-state index >= 15 is 0 Å². The van der Waals surface area contributed by atoms with E-state index in [2.05, 4.69) is 48.5 Å². The van der Waals surface area contributed by atoms with Gasteiger partial charge in [0.2, 0.25) is 0 Å². The van der Waals surface area contributed by atoms with Crippen LogP contribution in [-0.4, -0.2) is 0 Å². The van der Waals surface area contributed by atoms with Crippen LogP contribution in [0.15, 0.2) is 84.9 Å². The molecule has 0 atom stereocenters. The van der Waals surface area contributed by atoms with Crippen LogP contribution in [0.25, 0.3) is 0 Å². The van der Waals surface area contributed by atoms with Crippen LogP contribution in [0.4, 0.5) is 43.9 Å². The zero-order valence-electron chi connectivity index (χ0n) is 81.7. The van der Waals surface area contributed by atoms with Gasteiger partial charge in [0, 0.05) is 11.4 Å². The van der Waals surface area contributed by atoms with Gasteiger partial charge in [-0.1, -0.05) is 347 Å². The fourth-order valence-electron chi connectivity index (χ4n) is 21.8. The highest BCUT2D eigenvalue weighted by Crippen LogP contribution is 2.46. The average Bonchev–Trinajstić information content (AvgIpc) is 0.770. The molecular formula is C116H176Cl4F10. The van der Waals surface area contributed by atoms with E-state index in [-0.39, 0.29) is 40.6 Å². The summed E-state index contributed by atoms with van der Waals surface area (Å²) in [6, 6.07) is 25.6. The lowest BCUT2D eigenvalue weighted by molar-refractivity contribution is 0.164. The Morgan fingerprint density at radius 3 is 0.654 bits per heavy atom. The van der Waals surface area contributed by atoms with Crippen LogP contribution < -0.4 is 0 Å².